The Bertz CT molecular complexity index is 1200. The molecular formula is C24H31IN6O2. The van der Waals surface area contributed by atoms with Gasteiger partial charge in [0.1, 0.15) is 11.6 Å². The molecule has 3 heterocycles. The fourth-order valence-electron chi connectivity index (χ4n) is 3.62. The lowest BCUT2D eigenvalue weighted by Crippen LogP contribution is -2.38. The largest absolute Gasteiger partial charge is 0.490 e. The lowest BCUT2D eigenvalue weighted by atomic mass is 10.2. The molecule has 0 saturated carbocycles. The summed E-state index contributed by atoms with van der Waals surface area (Å²) in [6.07, 6.45) is 3.68. The zero-order chi connectivity index (χ0) is 22.3. The monoisotopic (exact) mass is 562 g/mol. The molecule has 1 atom stereocenters. The zero-order valence-electron chi connectivity index (χ0n) is 19.2. The first-order chi connectivity index (χ1) is 15.7. The van der Waals surface area contributed by atoms with Crippen molar-refractivity contribution >= 4 is 46.6 Å². The van der Waals surface area contributed by atoms with Gasteiger partial charge in [-0.25, -0.2) is 0 Å². The first-order valence-electron chi connectivity index (χ1n) is 11.2. The third kappa shape index (κ3) is 5.95. The summed E-state index contributed by atoms with van der Waals surface area (Å²) in [7, 11) is 0. The lowest BCUT2D eigenvalue weighted by molar-refractivity contribution is 0.336. The van der Waals surface area contributed by atoms with Crippen molar-refractivity contribution in [1.29, 1.82) is 0 Å². The van der Waals surface area contributed by atoms with Crippen LogP contribution in [0, 0.1) is 0 Å². The van der Waals surface area contributed by atoms with Crippen LogP contribution in [-0.2, 0) is 6.42 Å². The number of para-hydroxylation sites is 1. The molecule has 0 amide bonds. The van der Waals surface area contributed by atoms with Crippen LogP contribution in [-0.4, -0.2) is 40.3 Å². The van der Waals surface area contributed by atoms with Crippen LogP contribution in [0.25, 0.3) is 16.6 Å². The number of ether oxygens (including phenoxy) is 1. The summed E-state index contributed by atoms with van der Waals surface area (Å²) in [6, 6.07) is 13.9. The first kappa shape index (κ1) is 24.8. The summed E-state index contributed by atoms with van der Waals surface area (Å²) in [5, 5.41) is 16.3. The molecule has 0 aliphatic rings. The molecular weight excluding hydrogens is 531 g/mol. The lowest BCUT2D eigenvalue weighted by Gasteiger charge is -2.16. The van der Waals surface area contributed by atoms with Crippen molar-refractivity contribution in [1.82, 2.24) is 25.2 Å². The summed E-state index contributed by atoms with van der Waals surface area (Å²) in [5.74, 6) is 3.32. The van der Waals surface area contributed by atoms with Crippen molar-refractivity contribution in [2.75, 3.05) is 19.7 Å². The molecule has 4 rings (SSSR count). The topological polar surface area (TPSA) is 89.0 Å². The second-order valence-corrected chi connectivity index (χ2v) is 7.53. The number of halogens is 1. The second-order valence-electron chi connectivity index (χ2n) is 7.53. The maximum atomic E-state index is 6.12. The summed E-state index contributed by atoms with van der Waals surface area (Å²) in [6.45, 7) is 8.15. The molecule has 0 radical (unpaired) electrons. The molecule has 0 bridgehead atoms. The van der Waals surface area contributed by atoms with Gasteiger partial charge in [-0.15, -0.1) is 34.2 Å². The fourth-order valence-corrected chi connectivity index (χ4v) is 3.62. The quantitative estimate of drug-likeness (QED) is 0.133. The first-order valence-corrected chi connectivity index (χ1v) is 11.2. The van der Waals surface area contributed by atoms with Crippen LogP contribution in [0.1, 0.15) is 44.8 Å². The van der Waals surface area contributed by atoms with E-state index in [1.165, 1.54) is 0 Å². The maximum Gasteiger partial charge on any atom is 0.191 e. The van der Waals surface area contributed by atoms with Crippen LogP contribution in [0.4, 0.5) is 0 Å². The number of nitrogens with zero attached hydrogens (tertiary/aromatic N) is 4. The molecule has 33 heavy (non-hydrogen) atoms. The van der Waals surface area contributed by atoms with Gasteiger partial charge in [0.15, 0.2) is 22.9 Å². The van der Waals surface area contributed by atoms with Gasteiger partial charge >= 0.3 is 0 Å². The third-order valence-electron chi connectivity index (χ3n) is 5.16. The predicted octanol–water partition coefficient (Wildman–Crippen LogP) is 4.74. The average Bonchev–Trinajstić information content (AvgIpc) is 3.42. The molecule has 0 fully saturated rings. The van der Waals surface area contributed by atoms with Crippen LogP contribution in [0.3, 0.4) is 0 Å². The number of hydrogen-bond donors (Lipinski definition) is 2. The van der Waals surface area contributed by atoms with Crippen molar-refractivity contribution in [3.05, 3.63) is 60.2 Å². The normalized spacial score (nSPS) is 12.5. The van der Waals surface area contributed by atoms with Crippen molar-refractivity contribution in [3.63, 3.8) is 0 Å². The van der Waals surface area contributed by atoms with Gasteiger partial charge in [-0.2, -0.15) is 0 Å². The van der Waals surface area contributed by atoms with Crippen LogP contribution in [0.5, 0.6) is 5.75 Å². The highest BCUT2D eigenvalue weighted by Gasteiger charge is 2.15. The number of guanidine groups is 1. The van der Waals surface area contributed by atoms with Gasteiger partial charge in [0, 0.05) is 31.1 Å². The maximum absolute atomic E-state index is 6.12. The Morgan fingerprint density at radius 3 is 2.88 bits per heavy atom. The minimum atomic E-state index is -0.0462. The number of aryl methyl sites for hydroxylation is 1. The molecule has 0 aliphatic heterocycles. The van der Waals surface area contributed by atoms with Crippen LogP contribution in [0.2, 0.25) is 0 Å². The molecule has 1 unspecified atom stereocenters. The number of benzene rings is 1. The molecule has 0 spiro atoms. The molecule has 4 aromatic rings. The molecule has 0 saturated heterocycles. The van der Waals surface area contributed by atoms with Gasteiger partial charge in [-0.05, 0) is 51.5 Å². The molecule has 176 valence electrons. The average molecular weight is 562 g/mol. The second kappa shape index (κ2) is 11.9. The van der Waals surface area contributed by atoms with Gasteiger partial charge in [0.2, 0.25) is 0 Å². The number of hydrogen-bond acceptors (Lipinski definition) is 5. The minimum absolute atomic E-state index is 0. The minimum Gasteiger partial charge on any atom is -0.490 e. The van der Waals surface area contributed by atoms with Crippen LogP contribution in [0.15, 0.2) is 58.1 Å². The van der Waals surface area contributed by atoms with E-state index in [4.69, 9.17) is 14.1 Å². The number of rotatable bonds is 9. The van der Waals surface area contributed by atoms with Gasteiger partial charge in [-0.1, -0.05) is 18.2 Å². The molecule has 2 N–H and O–H groups in total. The molecule has 9 heteroatoms. The van der Waals surface area contributed by atoms with E-state index in [2.05, 4.69) is 40.7 Å². The van der Waals surface area contributed by atoms with Crippen molar-refractivity contribution < 1.29 is 9.15 Å². The zero-order valence-corrected chi connectivity index (χ0v) is 21.6. The Kier molecular flexibility index (Phi) is 8.93. The highest BCUT2D eigenvalue weighted by Crippen LogP contribution is 2.31. The Labute approximate surface area is 210 Å². The highest BCUT2D eigenvalue weighted by molar-refractivity contribution is 14.0. The summed E-state index contributed by atoms with van der Waals surface area (Å²) >= 11 is 0. The van der Waals surface area contributed by atoms with Gasteiger partial charge < -0.3 is 19.8 Å². The van der Waals surface area contributed by atoms with Crippen molar-refractivity contribution in [2.45, 2.75) is 39.7 Å². The van der Waals surface area contributed by atoms with Gasteiger partial charge in [0.05, 0.1) is 12.6 Å². The van der Waals surface area contributed by atoms with E-state index in [1.807, 2.05) is 53.9 Å². The van der Waals surface area contributed by atoms with E-state index >= 15 is 0 Å². The summed E-state index contributed by atoms with van der Waals surface area (Å²) in [4.78, 5) is 4.73. The van der Waals surface area contributed by atoms with E-state index in [1.54, 1.807) is 0 Å². The Morgan fingerprint density at radius 1 is 1.18 bits per heavy atom. The van der Waals surface area contributed by atoms with E-state index in [0.717, 1.165) is 59.3 Å². The van der Waals surface area contributed by atoms with E-state index in [-0.39, 0.29) is 30.0 Å². The van der Waals surface area contributed by atoms with Gasteiger partial charge in [-0.3, -0.25) is 9.39 Å². The Balaban J connectivity index is 0.00000306. The number of aromatic nitrogens is 3. The number of furan rings is 1. The van der Waals surface area contributed by atoms with Crippen LogP contribution < -0.4 is 15.4 Å². The Morgan fingerprint density at radius 2 is 2.06 bits per heavy atom. The van der Waals surface area contributed by atoms with Crippen LogP contribution >= 0.6 is 24.0 Å². The molecule has 8 nitrogen and oxygen atoms in total. The number of nitrogens with one attached hydrogen (secondary N) is 2. The SMILES string of the molecule is CCNC(=NCCCc1nnc2ccccn12)NC(C)c1cc2cccc(OCC)c2o1.I. The Hall–Kier alpha value is -2.82. The summed E-state index contributed by atoms with van der Waals surface area (Å²) in [5.41, 5.74) is 1.65. The summed E-state index contributed by atoms with van der Waals surface area (Å²) < 4.78 is 13.8. The van der Waals surface area contributed by atoms with E-state index in [0.29, 0.717) is 13.2 Å². The van der Waals surface area contributed by atoms with E-state index in [9.17, 15) is 0 Å². The number of pyridine rings is 1. The molecule has 3 aromatic heterocycles. The smallest absolute Gasteiger partial charge is 0.191 e. The number of aliphatic imine (C=N–C) groups is 1. The fraction of sp³-hybridized carbons (Fsp3) is 0.375. The third-order valence-corrected chi connectivity index (χ3v) is 5.16. The standard InChI is InChI=1S/C24H30N6O2.HI/c1-4-25-24(26-14-9-13-22-29-28-21-12-6-7-15-30(21)22)27-17(3)20-16-18-10-8-11-19(31-5-2)23(18)32-20;/h6-8,10-12,15-17H,4-5,9,13-14H2,1-3H3,(H2,25,26,27);1H. The van der Waals surface area contributed by atoms with Gasteiger partial charge in [0.25, 0.3) is 0 Å². The highest BCUT2D eigenvalue weighted by atomic mass is 127. The predicted molar refractivity (Wildman–Crippen MR) is 142 cm³/mol. The molecule has 0 aliphatic carbocycles. The van der Waals surface area contributed by atoms with E-state index < -0.39 is 0 Å². The van der Waals surface area contributed by atoms with Crippen molar-refractivity contribution in [3.8, 4) is 5.75 Å². The molecule has 1 aromatic carbocycles. The number of fused-ring (bicyclic) bond motifs is 2. The van der Waals surface area contributed by atoms with Crippen molar-refractivity contribution in [2.24, 2.45) is 4.99 Å².